The highest BCUT2D eigenvalue weighted by atomic mass is 32.2. The van der Waals surface area contributed by atoms with E-state index in [1.54, 1.807) is 19.1 Å². The number of hydrogen-bond donors (Lipinski definition) is 1. The summed E-state index contributed by atoms with van der Waals surface area (Å²) in [4.78, 5) is 23.4. The van der Waals surface area contributed by atoms with Crippen molar-refractivity contribution in [2.45, 2.75) is 25.2 Å². The van der Waals surface area contributed by atoms with Crippen molar-refractivity contribution in [2.75, 3.05) is 6.54 Å². The fourth-order valence-corrected chi connectivity index (χ4v) is 3.98. The fourth-order valence-electron chi connectivity index (χ4n) is 2.52. The van der Waals surface area contributed by atoms with Crippen LogP contribution in [0.2, 0.25) is 0 Å². The number of benzene rings is 1. The van der Waals surface area contributed by atoms with Crippen molar-refractivity contribution < 1.29 is 23.1 Å². The van der Waals surface area contributed by atoms with E-state index >= 15 is 0 Å². The maximum atomic E-state index is 12.5. The standard InChI is InChI=1S/C14H17NO5S/c1-3-11-12(14(17)18)8-15(13(11)16)21(19,20)10-6-4-9(2)5-7-10/h4-7,11-12H,3,8H2,1-2H3,(H,17,18). The van der Waals surface area contributed by atoms with Crippen LogP contribution in [0.15, 0.2) is 29.2 Å². The normalized spacial score (nSPS) is 22.6. The van der Waals surface area contributed by atoms with Gasteiger partial charge < -0.3 is 5.11 Å². The van der Waals surface area contributed by atoms with Crippen LogP contribution in [0.25, 0.3) is 0 Å². The molecule has 114 valence electrons. The highest BCUT2D eigenvalue weighted by Gasteiger charge is 2.48. The Labute approximate surface area is 123 Å². The number of carbonyl (C=O) groups excluding carboxylic acids is 1. The Hall–Kier alpha value is -1.89. The van der Waals surface area contributed by atoms with Crippen molar-refractivity contribution in [3.8, 4) is 0 Å². The van der Waals surface area contributed by atoms with E-state index in [1.807, 2.05) is 6.92 Å². The predicted octanol–water partition coefficient (Wildman–Crippen LogP) is 1.25. The van der Waals surface area contributed by atoms with Gasteiger partial charge in [0.1, 0.15) is 0 Å². The molecule has 0 saturated carbocycles. The number of carboxylic acid groups (broad SMARTS) is 1. The smallest absolute Gasteiger partial charge is 0.309 e. The number of sulfonamides is 1. The molecule has 0 aromatic heterocycles. The van der Waals surface area contributed by atoms with Gasteiger partial charge >= 0.3 is 5.97 Å². The van der Waals surface area contributed by atoms with Gasteiger partial charge in [-0.3, -0.25) is 9.59 Å². The van der Waals surface area contributed by atoms with Crippen molar-refractivity contribution in [1.82, 2.24) is 4.31 Å². The zero-order valence-electron chi connectivity index (χ0n) is 11.8. The number of hydrogen-bond acceptors (Lipinski definition) is 4. The van der Waals surface area contributed by atoms with Crippen LogP contribution < -0.4 is 0 Å². The third-order valence-corrected chi connectivity index (χ3v) is 5.55. The summed E-state index contributed by atoms with van der Waals surface area (Å²) in [5, 5.41) is 9.15. The average molecular weight is 311 g/mol. The molecule has 0 radical (unpaired) electrons. The van der Waals surface area contributed by atoms with E-state index in [1.165, 1.54) is 12.1 Å². The van der Waals surface area contributed by atoms with E-state index in [0.717, 1.165) is 5.56 Å². The Morgan fingerprint density at radius 1 is 1.33 bits per heavy atom. The van der Waals surface area contributed by atoms with E-state index in [0.29, 0.717) is 10.7 Å². The number of carbonyl (C=O) groups is 2. The number of aliphatic carboxylic acids is 1. The molecule has 0 spiro atoms. The zero-order chi connectivity index (χ0) is 15.8. The molecule has 7 heteroatoms. The molecular formula is C14H17NO5S. The van der Waals surface area contributed by atoms with Crippen molar-refractivity contribution in [3.05, 3.63) is 29.8 Å². The molecule has 0 bridgehead atoms. The Morgan fingerprint density at radius 3 is 2.33 bits per heavy atom. The molecule has 1 aliphatic rings. The monoisotopic (exact) mass is 311 g/mol. The van der Waals surface area contributed by atoms with Crippen LogP contribution in [-0.2, 0) is 19.6 Å². The molecule has 1 fully saturated rings. The summed E-state index contributed by atoms with van der Waals surface area (Å²) < 4.78 is 25.7. The van der Waals surface area contributed by atoms with Gasteiger partial charge in [0.2, 0.25) is 5.91 Å². The van der Waals surface area contributed by atoms with Crippen molar-refractivity contribution in [3.63, 3.8) is 0 Å². The molecule has 21 heavy (non-hydrogen) atoms. The summed E-state index contributed by atoms with van der Waals surface area (Å²) in [6.07, 6.45) is 0.301. The quantitative estimate of drug-likeness (QED) is 0.903. The lowest BCUT2D eigenvalue weighted by Crippen LogP contribution is -2.33. The third-order valence-electron chi connectivity index (χ3n) is 3.78. The maximum Gasteiger partial charge on any atom is 0.309 e. The number of rotatable bonds is 4. The minimum Gasteiger partial charge on any atom is -0.481 e. The molecule has 2 atom stereocenters. The van der Waals surface area contributed by atoms with Gasteiger partial charge in [-0.15, -0.1) is 0 Å². The zero-order valence-corrected chi connectivity index (χ0v) is 12.6. The fraction of sp³-hybridized carbons (Fsp3) is 0.429. The molecule has 1 aliphatic heterocycles. The lowest BCUT2D eigenvalue weighted by atomic mass is 9.93. The second-order valence-electron chi connectivity index (χ2n) is 5.15. The minimum atomic E-state index is -3.99. The molecule has 1 saturated heterocycles. The average Bonchev–Trinajstić information content (AvgIpc) is 2.77. The Balaban J connectivity index is 2.39. The second kappa shape index (κ2) is 5.48. The molecule has 2 rings (SSSR count). The topological polar surface area (TPSA) is 91.8 Å². The van der Waals surface area contributed by atoms with E-state index in [-0.39, 0.29) is 11.4 Å². The molecule has 0 aliphatic carbocycles. The van der Waals surface area contributed by atoms with Gasteiger partial charge in [0.25, 0.3) is 10.0 Å². The summed E-state index contributed by atoms with van der Waals surface area (Å²) in [6.45, 7) is 3.20. The van der Waals surface area contributed by atoms with Gasteiger partial charge in [0.15, 0.2) is 0 Å². The van der Waals surface area contributed by atoms with Crippen LogP contribution in [0.1, 0.15) is 18.9 Å². The second-order valence-corrected chi connectivity index (χ2v) is 7.01. The summed E-state index contributed by atoms with van der Waals surface area (Å²) in [5.74, 6) is -3.55. The molecule has 1 N–H and O–H groups in total. The van der Waals surface area contributed by atoms with Crippen molar-refractivity contribution in [2.24, 2.45) is 11.8 Å². The van der Waals surface area contributed by atoms with Crippen molar-refractivity contribution in [1.29, 1.82) is 0 Å². The van der Waals surface area contributed by atoms with Gasteiger partial charge in [-0.05, 0) is 25.5 Å². The van der Waals surface area contributed by atoms with Crippen LogP contribution in [-0.4, -0.2) is 36.3 Å². The summed E-state index contributed by atoms with van der Waals surface area (Å²) in [6, 6.07) is 6.12. The van der Waals surface area contributed by atoms with Gasteiger partial charge in [-0.2, -0.15) is 0 Å². The molecule has 2 unspecified atom stereocenters. The minimum absolute atomic E-state index is 0.00217. The molecular weight excluding hydrogens is 294 g/mol. The summed E-state index contributed by atoms with van der Waals surface area (Å²) in [5.41, 5.74) is 0.900. The lowest BCUT2D eigenvalue weighted by molar-refractivity contribution is -0.144. The largest absolute Gasteiger partial charge is 0.481 e. The van der Waals surface area contributed by atoms with Crippen LogP contribution in [0.3, 0.4) is 0 Å². The molecule has 1 aromatic rings. The first-order valence-electron chi connectivity index (χ1n) is 6.65. The van der Waals surface area contributed by atoms with Crippen LogP contribution in [0, 0.1) is 18.8 Å². The Bertz CT molecular complexity index is 665. The molecule has 6 nitrogen and oxygen atoms in total. The predicted molar refractivity (Wildman–Crippen MR) is 75.0 cm³/mol. The van der Waals surface area contributed by atoms with E-state index in [4.69, 9.17) is 5.11 Å². The first-order valence-corrected chi connectivity index (χ1v) is 8.09. The lowest BCUT2D eigenvalue weighted by Gasteiger charge is -2.16. The van der Waals surface area contributed by atoms with Crippen LogP contribution in [0.5, 0.6) is 0 Å². The number of aryl methyl sites for hydroxylation is 1. The Kier molecular flexibility index (Phi) is 4.04. The number of carboxylic acids is 1. The van der Waals surface area contributed by atoms with E-state index < -0.39 is 33.7 Å². The van der Waals surface area contributed by atoms with Crippen LogP contribution in [0.4, 0.5) is 0 Å². The van der Waals surface area contributed by atoms with E-state index in [9.17, 15) is 18.0 Å². The highest BCUT2D eigenvalue weighted by Crippen LogP contribution is 2.32. The van der Waals surface area contributed by atoms with Crippen LogP contribution >= 0.6 is 0 Å². The van der Waals surface area contributed by atoms with Gasteiger partial charge in [-0.1, -0.05) is 24.6 Å². The summed E-state index contributed by atoms with van der Waals surface area (Å²) >= 11 is 0. The van der Waals surface area contributed by atoms with Crippen molar-refractivity contribution >= 4 is 21.9 Å². The number of amides is 1. The van der Waals surface area contributed by atoms with Gasteiger partial charge in [-0.25, -0.2) is 12.7 Å². The first-order chi connectivity index (χ1) is 9.78. The first kappa shape index (κ1) is 15.5. The Morgan fingerprint density at radius 2 is 1.90 bits per heavy atom. The molecule has 1 aromatic carbocycles. The summed E-state index contributed by atoms with van der Waals surface area (Å²) in [7, 11) is -3.99. The number of nitrogens with zero attached hydrogens (tertiary/aromatic N) is 1. The van der Waals surface area contributed by atoms with Gasteiger partial charge in [0.05, 0.1) is 23.3 Å². The molecule has 1 amide bonds. The van der Waals surface area contributed by atoms with E-state index in [2.05, 4.69) is 0 Å². The van der Waals surface area contributed by atoms with Gasteiger partial charge in [0, 0.05) is 0 Å². The highest BCUT2D eigenvalue weighted by molar-refractivity contribution is 7.89. The third kappa shape index (κ3) is 2.65. The maximum absolute atomic E-state index is 12.5. The SMILES string of the molecule is CCC1C(=O)N(S(=O)(=O)c2ccc(C)cc2)CC1C(=O)O. The molecule has 1 heterocycles.